The molecule has 0 fully saturated rings. The lowest BCUT2D eigenvalue weighted by atomic mass is 10.1. The lowest BCUT2D eigenvalue weighted by Gasteiger charge is -2.14. The van der Waals surface area contributed by atoms with Crippen LogP contribution in [0.3, 0.4) is 0 Å². The summed E-state index contributed by atoms with van der Waals surface area (Å²) in [6, 6.07) is 17.8. The van der Waals surface area contributed by atoms with Crippen LogP contribution in [-0.2, 0) is 16.1 Å². The van der Waals surface area contributed by atoms with Crippen molar-refractivity contribution in [2.75, 3.05) is 13.7 Å². The number of benzene rings is 2. The van der Waals surface area contributed by atoms with Gasteiger partial charge < -0.3 is 24.2 Å². The van der Waals surface area contributed by atoms with Crippen molar-refractivity contribution in [3.63, 3.8) is 0 Å². The summed E-state index contributed by atoms with van der Waals surface area (Å²) in [5.74, 6) is 1.13. The fourth-order valence-electron chi connectivity index (χ4n) is 3.02. The molecule has 0 spiro atoms. The minimum atomic E-state index is -0.936. The largest absolute Gasteiger partial charge is 0.491 e. The van der Waals surface area contributed by atoms with Crippen LogP contribution in [0.1, 0.15) is 25.0 Å². The maximum Gasteiger partial charge on any atom is 0.307 e. The van der Waals surface area contributed by atoms with Crippen molar-refractivity contribution in [3.8, 4) is 23.1 Å². The fourth-order valence-corrected chi connectivity index (χ4v) is 3.02. The topological polar surface area (TPSA) is 99.5 Å². The molecule has 2 aromatic carbocycles. The summed E-state index contributed by atoms with van der Waals surface area (Å²) in [6.45, 7) is 3.88. The molecule has 3 rings (SSSR count). The molecule has 3 aromatic rings. The summed E-state index contributed by atoms with van der Waals surface area (Å²) < 4.78 is 17.5. The normalized spacial score (nSPS) is 11.2. The monoisotopic (exact) mass is 450 g/mol. The Kier molecular flexibility index (Phi) is 8.24. The van der Waals surface area contributed by atoms with Gasteiger partial charge in [-0.1, -0.05) is 23.4 Å². The lowest BCUT2D eigenvalue weighted by molar-refractivity contribution is -0.136. The molecule has 0 amide bonds. The molecule has 0 unspecified atom stereocenters. The minimum Gasteiger partial charge on any atom is -0.491 e. The number of rotatable bonds is 11. The molecule has 0 atom stereocenters. The third kappa shape index (κ3) is 7.53. The predicted molar refractivity (Wildman–Crippen MR) is 123 cm³/mol. The number of carboxylic acid groups (broad SMARTS) is 1. The number of nitrogens with zero attached hydrogens (tertiary/aromatic N) is 2. The molecule has 0 saturated heterocycles. The van der Waals surface area contributed by atoms with Crippen LogP contribution in [0.5, 0.6) is 23.1 Å². The second-order valence-electron chi connectivity index (χ2n) is 7.36. The zero-order valence-electron chi connectivity index (χ0n) is 18.7. The first kappa shape index (κ1) is 23.6. The molecule has 0 saturated carbocycles. The van der Waals surface area contributed by atoms with E-state index in [1.807, 2.05) is 50.2 Å². The Morgan fingerprint density at radius 2 is 1.85 bits per heavy atom. The van der Waals surface area contributed by atoms with Crippen molar-refractivity contribution in [2.24, 2.45) is 5.16 Å². The van der Waals surface area contributed by atoms with E-state index in [2.05, 4.69) is 10.1 Å². The third-order valence-electron chi connectivity index (χ3n) is 4.27. The van der Waals surface area contributed by atoms with E-state index in [1.54, 1.807) is 30.5 Å². The summed E-state index contributed by atoms with van der Waals surface area (Å²) in [4.78, 5) is 20.4. The molecule has 1 aromatic heterocycles. The standard InChI is InChI=1S/C25H26N2O6/c1-17(2)32-22-12-18(13-25(28)29)11-21(15-22)31-16-23(27-30-3)19-7-6-8-20(14-19)33-24-9-4-5-10-26-24/h4-12,14-15,17H,13,16H2,1-3H3,(H,28,29)/b27-23+. The molecule has 8 heteroatoms. The summed E-state index contributed by atoms with van der Waals surface area (Å²) in [6.07, 6.45) is 1.45. The molecule has 0 aliphatic carbocycles. The second-order valence-corrected chi connectivity index (χ2v) is 7.36. The average molecular weight is 450 g/mol. The Hall–Kier alpha value is -4.07. The van der Waals surface area contributed by atoms with Gasteiger partial charge in [0.15, 0.2) is 0 Å². The van der Waals surface area contributed by atoms with Crippen molar-refractivity contribution < 1.29 is 28.9 Å². The van der Waals surface area contributed by atoms with E-state index < -0.39 is 5.97 Å². The lowest BCUT2D eigenvalue weighted by Crippen LogP contribution is -2.14. The Balaban J connectivity index is 1.79. The third-order valence-corrected chi connectivity index (χ3v) is 4.27. The van der Waals surface area contributed by atoms with Gasteiger partial charge in [-0.05, 0) is 49.7 Å². The Morgan fingerprint density at radius 1 is 1.03 bits per heavy atom. The number of ether oxygens (including phenoxy) is 3. The van der Waals surface area contributed by atoms with Crippen LogP contribution in [0.25, 0.3) is 0 Å². The minimum absolute atomic E-state index is 0.0645. The van der Waals surface area contributed by atoms with Crippen molar-refractivity contribution in [3.05, 3.63) is 78.0 Å². The van der Waals surface area contributed by atoms with E-state index in [-0.39, 0.29) is 19.1 Å². The molecule has 0 bridgehead atoms. The smallest absolute Gasteiger partial charge is 0.307 e. The van der Waals surface area contributed by atoms with E-state index in [0.29, 0.717) is 34.4 Å². The van der Waals surface area contributed by atoms with Gasteiger partial charge in [0.05, 0.1) is 12.5 Å². The van der Waals surface area contributed by atoms with Gasteiger partial charge >= 0.3 is 5.97 Å². The highest BCUT2D eigenvalue weighted by molar-refractivity contribution is 6.01. The van der Waals surface area contributed by atoms with Gasteiger partial charge in [-0.2, -0.15) is 0 Å². The van der Waals surface area contributed by atoms with Gasteiger partial charge in [0.25, 0.3) is 0 Å². The first-order valence-electron chi connectivity index (χ1n) is 10.4. The van der Waals surface area contributed by atoms with Gasteiger partial charge in [0.1, 0.15) is 36.7 Å². The van der Waals surface area contributed by atoms with Gasteiger partial charge in [-0.15, -0.1) is 0 Å². The molecule has 0 radical (unpaired) electrons. The molecule has 172 valence electrons. The quantitative estimate of drug-likeness (QED) is 0.333. The molecule has 33 heavy (non-hydrogen) atoms. The van der Waals surface area contributed by atoms with Crippen molar-refractivity contribution >= 4 is 11.7 Å². The first-order chi connectivity index (χ1) is 15.9. The second kappa shape index (κ2) is 11.5. The van der Waals surface area contributed by atoms with Crippen LogP contribution in [0.15, 0.2) is 72.0 Å². The number of pyridine rings is 1. The molecule has 0 aliphatic heterocycles. The summed E-state index contributed by atoms with van der Waals surface area (Å²) in [7, 11) is 1.45. The number of hydrogen-bond donors (Lipinski definition) is 1. The van der Waals surface area contributed by atoms with Crippen LogP contribution < -0.4 is 14.2 Å². The molecule has 8 nitrogen and oxygen atoms in total. The number of oxime groups is 1. The SMILES string of the molecule is CO/N=C(\COc1cc(CC(=O)O)cc(OC(C)C)c1)c1cccc(Oc2ccccn2)c1. The van der Waals surface area contributed by atoms with E-state index in [1.165, 1.54) is 7.11 Å². The molecular weight excluding hydrogens is 424 g/mol. The Labute approximate surface area is 192 Å². The highest BCUT2D eigenvalue weighted by Gasteiger charge is 2.12. The van der Waals surface area contributed by atoms with E-state index in [0.717, 1.165) is 5.56 Å². The Morgan fingerprint density at radius 3 is 2.55 bits per heavy atom. The fraction of sp³-hybridized carbons (Fsp3) is 0.240. The summed E-state index contributed by atoms with van der Waals surface area (Å²) >= 11 is 0. The zero-order valence-corrected chi connectivity index (χ0v) is 18.7. The van der Waals surface area contributed by atoms with Gasteiger partial charge in [0.2, 0.25) is 5.88 Å². The van der Waals surface area contributed by atoms with Crippen LogP contribution in [0.2, 0.25) is 0 Å². The van der Waals surface area contributed by atoms with Crippen LogP contribution in [-0.4, -0.2) is 41.6 Å². The number of hydrogen-bond acceptors (Lipinski definition) is 7. The van der Waals surface area contributed by atoms with Crippen molar-refractivity contribution in [1.29, 1.82) is 0 Å². The predicted octanol–water partition coefficient (Wildman–Crippen LogP) is 4.72. The van der Waals surface area contributed by atoms with Crippen molar-refractivity contribution in [2.45, 2.75) is 26.4 Å². The van der Waals surface area contributed by atoms with Gasteiger partial charge in [-0.25, -0.2) is 4.98 Å². The highest BCUT2D eigenvalue weighted by atomic mass is 16.6. The molecule has 1 N–H and O–H groups in total. The molecule has 0 aliphatic rings. The average Bonchev–Trinajstić information content (AvgIpc) is 2.76. The summed E-state index contributed by atoms with van der Waals surface area (Å²) in [5, 5.41) is 13.3. The van der Waals surface area contributed by atoms with Crippen molar-refractivity contribution in [1.82, 2.24) is 4.98 Å². The van der Waals surface area contributed by atoms with E-state index in [4.69, 9.17) is 24.2 Å². The first-order valence-corrected chi connectivity index (χ1v) is 10.4. The van der Waals surface area contributed by atoms with E-state index >= 15 is 0 Å². The Bertz CT molecular complexity index is 1100. The number of aliphatic carboxylic acids is 1. The van der Waals surface area contributed by atoms with Crippen LogP contribution in [0.4, 0.5) is 0 Å². The van der Waals surface area contributed by atoms with Gasteiger partial charge in [-0.3, -0.25) is 4.79 Å². The number of carbonyl (C=O) groups is 1. The maximum absolute atomic E-state index is 11.2. The molecular formula is C25H26N2O6. The maximum atomic E-state index is 11.2. The molecule has 1 heterocycles. The van der Waals surface area contributed by atoms with Crippen LogP contribution in [0, 0.1) is 0 Å². The number of aromatic nitrogens is 1. The highest BCUT2D eigenvalue weighted by Crippen LogP contribution is 2.25. The number of carboxylic acids is 1. The van der Waals surface area contributed by atoms with E-state index in [9.17, 15) is 4.79 Å². The summed E-state index contributed by atoms with van der Waals surface area (Å²) in [5.41, 5.74) is 1.84. The van der Waals surface area contributed by atoms with Gasteiger partial charge in [0, 0.05) is 23.9 Å². The van der Waals surface area contributed by atoms with Crippen LogP contribution >= 0.6 is 0 Å². The zero-order chi connectivity index (χ0) is 23.6.